The number of halogens is 1. The number of aromatic hydroxyl groups is 1. The Morgan fingerprint density at radius 3 is 2.69 bits per heavy atom. The topological polar surface area (TPSA) is 72.5 Å². The third kappa shape index (κ3) is 5.74. The zero-order valence-corrected chi connectivity index (χ0v) is 18.0. The molecule has 0 unspecified atom stereocenters. The zero-order chi connectivity index (χ0) is 20.6. The van der Waals surface area contributed by atoms with Crippen molar-refractivity contribution in [2.24, 2.45) is 5.10 Å². The van der Waals surface area contributed by atoms with Crippen molar-refractivity contribution in [3.05, 3.63) is 64.4 Å². The molecule has 0 bridgehead atoms. The molecule has 0 saturated carbocycles. The van der Waals surface area contributed by atoms with E-state index in [1.807, 2.05) is 31.2 Å². The molecule has 6 nitrogen and oxygen atoms in total. The highest BCUT2D eigenvalue weighted by molar-refractivity contribution is 7.98. The van der Waals surface area contributed by atoms with Crippen LogP contribution in [0.1, 0.15) is 37.2 Å². The first-order valence-corrected chi connectivity index (χ1v) is 10.8. The van der Waals surface area contributed by atoms with Crippen LogP contribution in [0.2, 0.25) is 5.02 Å². The van der Waals surface area contributed by atoms with Gasteiger partial charge in [-0.15, -0.1) is 10.2 Å². The summed E-state index contributed by atoms with van der Waals surface area (Å²) in [6, 6.07) is 12.9. The number of aromatic nitrogens is 3. The van der Waals surface area contributed by atoms with Crippen molar-refractivity contribution in [3.63, 3.8) is 0 Å². The van der Waals surface area contributed by atoms with E-state index in [1.54, 1.807) is 40.9 Å². The van der Waals surface area contributed by atoms with Gasteiger partial charge in [-0.3, -0.25) is 0 Å². The summed E-state index contributed by atoms with van der Waals surface area (Å²) in [7, 11) is 0. The lowest BCUT2D eigenvalue weighted by Crippen LogP contribution is -2.00. The minimum atomic E-state index is 0.110. The number of rotatable bonds is 9. The summed E-state index contributed by atoms with van der Waals surface area (Å²) in [5, 5.41) is 24.5. The van der Waals surface area contributed by atoms with E-state index in [0.717, 1.165) is 45.7 Å². The van der Waals surface area contributed by atoms with Gasteiger partial charge in [0.05, 0.1) is 12.8 Å². The first kappa shape index (κ1) is 21.2. The van der Waals surface area contributed by atoms with Crippen molar-refractivity contribution < 1.29 is 9.84 Å². The average molecular weight is 431 g/mol. The van der Waals surface area contributed by atoms with Crippen molar-refractivity contribution >= 4 is 29.6 Å². The van der Waals surface area contributed by atoms with E-state index in [1.165, 1.54) is 0 Å². The molecule has 3 rings (SSSR count). The maximum Gasteiger partial charge on any atom is 0.212 e. The quantitative estimate of drug-likeness (QED) is 0.375. The molecule has 0 fully saturated rings. The van der Waals surface area contributed by atoms with Crippen LogP contribution in [-0.4, -0.2) is 32.8 Å². The second kappa shape index (κ2) is 10.3. The Kier molecular flexibility index (Phi) is 7.55. The molecule has 2 aromatic carbocycles. The van der Waals surface area contributed by atoms with Gasteiger partial charge in [-0.05, 0) is 54.8 Å². The van der Waals surface area contributed by atoms with Crippen LogP contribution in [0.15, 0.2) is 52.7 Å². The zero-order valence-electron chi connectivity index (χ0n) is 16.4. The predicted octanol–water partition coefficient (Wildman–Crippen LogP) is 5.16. The Morgan fingerprint density at radius 1 is 1.17 bits per heavy atom. The predicted molar refractivity (Wildman–Crippen MR) is 117 cm³/mol. The Bertz CT molecular complexity index is 973. The first-order valence-electron chi connectivity index (χ1n) is 9.42. The maximum absolute atomic E-state index is 9.87. The molecule has 0 aliphatic rings. The normalized spacial score (nSPS) is 11.3. The first-order chi connectivity index (χ1) is 14.1. The van der Waals surface area contributed by atoms with Crippen LogP contribution < -0.4 is 4.74 Å². The second-order valence-corrected chi connectivity index (χ2v) is 7.66. The van der Waals surface area contributed by atoms with Crippen LogP contribution in [-0.2, 0) is 12.2 Å². The maximum atomic E-state index is 9.87. The van der Waals surface area contributed by atoms with Crippen LogP contribution in [0.25, 0.3) is 0 Å². The Balaban J connectivity index is 1.81. The van der Waals surface area contributed by atoms with Gasteiger partial charge in [0.2, 0.25) is 5.16 Å². The van der Waals surface area contributed by atoms with E-state index in [2.05, 4.69) is 22.2 Å². The highest BCUT2D eigenvalue weighted by Crippen LogP contribution is 2.27. The molecular weight excluding hydrogens is 408 g/mol. The fraction of sp³-hybridized carbons (Fsp3) is 0.286. The molecular formula is C21H23ClN4O2S. The molecule has 0 amide bonds. The molecule has 0 atom stereocenters. The number of thioether (sulfide) groups is 1. The fourth-order valence-corrected chi connectivity index (χ4v) is 3.60. The highest BCUT2D eigenvalue weighted by atomic mass is 35.5. The summed E-state index contributed by atoms with van der Waals surface area (Å²) in [6.07, 6.45) is 3.45. The Morgan fingerprint density at radius 2 is 1.97 bits per heavy atom. The molecule has 3 aromatic rings. The van der Waals surface area contributed by atoms with Crippen molar-refractivity contribution in [3.8, 4) is 11.5 Å². The fourth-order valence-electron chi connectivity index (χ4n) is 2.62. The molecule has 1 N–H and O–H groups in total. The van der Waals surface area contributed by atoms with E-state index in [-0.39, 0.29) is 5.75 Å². The van der Waals surface area contributed by atoms with Crippen molar-refractivity contribution in [2.45, 2.75) is 37.6 Å². The molecule has 0 saturated heterocycles. The van der Waals surface area contributed by atoms with Gasteiger partial charge in [0, 0.05) is 17.2 Å². The van der Waals surface area contributed by atoms with Crippen molar-refractivity contribution in [2.75, 3.05) is 6.61 Å². The van der Waals surface area contributed by atoms with Gasteiger partial charge >= 0.3 is 0 Å². The number of phenols is 1. The number of hydrogen-bond acceptors (Lipinski definition) is 6. The minimum Gasteiger partial charge on any atom is -0.504 e. The molecule has 8 heteroatoms. The molecule has 1 heterocycles. The van der Waals surface area contributed by atoms with Crippen LogP contribution in [0.5, 0.6) is 11.5 Å². The highest BCUT2D eigenvalue weighted by Gasteiger charge is 2.12. The Hall–Kier alpha value is -2.51. The lowest BCUT2D eigenvalue weighted by atomic mass is 10.2. The summed E-state index contributed by atoms with van der Waals surface area (Å²) >= 11 is 7.52. The summed E-state index contributed by atoms with van der Waals surface area (Å²) in [6.45, 7) is 4.45. The van der Waals surface area contributed by atoms with Crippen molar-refractivity contribution in [1.29, 1.82) is 0 Å². The molecule has 0 spiro atoms. The van der Waals surface area contributed by atoms with Crippen LogP contribution in [0.3, 0.4) is 0 Å². The molecule has 0 aliphatic heterocycles. The number of ether oxygens (including phenoxy) is 1. The van der Waals surface area contributed by atoms with E-state index in [0.29, 0.717) is 12.4 Å². The van der Waals surface area contributed by atoms with Crippen LogP contribution >= 0.6 is 23.4 Å². The van der Waals surface area contributed by atoms with Gasteiger partial charge in [-0.2, -0.15) is 9.78 Å². The SMILES string of the molecule is CCCc1nnc(SCc2ccc(Cl)cc2)n1/N=C/c1ccc(O)c(OCC)c1. The number of hydrogen-bond donors (Lipinski definition) is 1. The third-order valence-electron chi connectivity index (χ3n) is 4.04. The van der Waals surface area contributed by atoms with Gasteiger partial charge in [-0.25, -0.2) is 0 Å². The van der Waals surface area contributed by atoms with Crippen molar-refractivity contribution in [1.82, 2.24) is 14.9 Å². The van der Waals surface area contributed by atoms with Gasteiger partial charge < -0.3 is 9.84 Å². The van der Waals surface area contributed by atoms with Gasteiger partial charge in [0.15, 0.2) is 17.3 Å². The van der Waals surface area contributed by atoms with E-state index in [9.17, 15) is 5.11 Å². The minimum absolute atomic E-state index is 0.110. The van der Waals surface area contributed by atoms with Crippen LogP contribution in [0.4, 0.5) is 0 Å². The average Bonchev–Trinajstić information content (AvgIpc) is 3.10. The number of nitrogens with zero attached hydrogens (tertiary/aromatic N) is 4. The summed E-state index contributed by atoms with van der Waals surface area (Å²) in [4.78, 5) is 0. The molecule has 1 aromatic heterocycles. The number of phenolic OH excluding ortho intramolecular Hbond substituents is 1. The smallest absolute Gasteiger partial charge is 0.212 e. The monoisotopic (exact) mass is 430 g/mol. The van der Waals surface area contributed by atoms with Gasteiger partial charge in [0.1, 0.15) is 0 Å². The third-order valence-corrected chi connectivity index (χ3v) is 5.28. The number of aryl methyl sites for hydroxylation is 1. The second-order valence-electron chi connectivity index (χ2n) is 6.28. The summed E-state index contributed by atoms with van der Waals surface area (Å²) < 4.78 is 7.21. The van der Waals surface area contributed by atoms with Gasteiger partial charge in [-0.1, -0.05) is 42.4 Å². The largest absolute Gasteiger partial charge is 0.504 e. The Labute approximate surface area is 179 Å². The summed E-state index contributed by atoms with van der Waals surface area (Å²) in [5.74, 6) is 2.10. The van der Waals surface area contributed by atoms with E-state index in [4.69, 9.17) is 16.3 Å². The van der Waals surface area contributed by atoms with E-state index < -0.39 is 0 Å². The summed E-state index contributed by atoms with van der Waals surface area (Å²) in [5.41, 5.74) is 1.96. The van der Waals surface area contributed by atoms with Crippen LogP contribution in [0, 0.1) is 0 Å². The molecule has 152 valence electrons. The molecule has 29 heavy (non-hydrogen) atoms. The number of benzene rings is 2. The lowest BCUT2D eigenvalue weighted by molar-refractivity contribution is 0.318. The van der Waals surface area contributed by atoms with E-state index >= 15 is 0 Å². The molecule has 0 radical (unpaired) electrons. The lowest BCUT2D eigenvalue weighted by Gasteiger charge is -2.07. The standard InChI is InChI=1S/C21H23ClN4O2S/c1-3-5-20-24-25-21(29-14-15-6-9-17(22)10-7-15)26(20)23-13-16-8-11-18(27)19(12-16)28-4-2/h6-13,27H,3-5,14H2,1-2H3/b23-13+. The molecule has 0 aliphatic carbocycles. The van der Waals surface area contributed by atoms with Gasteiger partial charge in [0.25, 0.3) is 0 Å².